The van der Waals surface area contributed by atoms with Crippen LogP contribution in [0.4, 0.5) is 4.79 Å². The molecule has 3 N–H and O–H groups in total. The normalized spacial score (nSPS) is 27.2. The van der Waals surface area contributed by atoms with E-state index in [0.29, 0.717) is 19.4 Å². The van der Waals surface area contributed by atoms with E-state index in [0.717, 1.165) is 25.9 Å². The molecule has 7 nitrogen and oxygen atoms in total. The molecule has 2 atom stereocenters. The molecular formula is C13H23N3O4. The van der Waals surface area contributed by atoms with Crippen LogP contribution in [0.1, 0.15) is 25.7 Å². The third kappa shape index (κ3) is 3.83. The molecule has 2 rings (SSSR count). The highest BCUT2D eigenvalue weighted by atomic mass is 16.5. The summed E-state index contributed by atoms with van der Waals surface area (Å²) >= 11 is 0. The zero-order chi connectivity index (χ0) is 14.5. The number of hydrogen-bond acceptors (Lipinski definition) is 4. The number of aliphatic carboxylic acids is 1. The highest BCUT2D eigenvalue weighted by molar-refractivity contribution is 5.74. The number of amides is 2. The van der Waals surface area contributed by atoms with Gasteiger partial charge in [0, 0.05) is 19.6 Å². The van der Waals surface area contributed by atoms with Crippen LogP contribution in [-0.4, -0.2) is 66.9 Å². The lowest BCUT2D eigenvalue weighted by Gasteiger charge is -2.31. The van der Waals surface area contributed by atoms with Crippen LogP contribution in [0, 0.1) is 0 Å². The fourth-order valence-corrected chi connectivity index (χ4v) is 2.72. The summed E-state index contributed by atoms with van der Waals surface area (Å²) in [6.07, 6.45) is 2.20. The zero-order valence-corrected chi connectivity index (χ0v) is 11.8. The summed E-state index contributed by atoms with van der Waals surface area (Å²) in [7, 11) is 1.81. The van der Waals surface area contributed by atoms with E-state index in [2.05, 4.69) is 10.6 Å². The smallest absolute Gasteiger partial charge is 0.332 e. The van der Waals surface area contributed by atoms with Gasteiger partial charge in [-0.15, -0.1) is 0 Å². The van der Waals surface area contributed by atoms with Crippen molar-refractivity contribution < 1.29 is 19.4 Å². The topological polar surface area (TPSA) is 90.9 Å². The van der Waals surface area contributed by atoms with Crippen LogP contribution in [0.25, 0.3) is 0 Å². The first-order valence-corrected chi connectivity index (χ1v) is 7.17. The molecule has 2 aliphatic heterocycles. The molecule has 0 bridgehead atoms. The number of carbonyl (C=O) groups excluding carboxylic acids is 1. The van der Waals surface area contributed by atoms with Gasteiger partial charge in [-0.2, -0.15) is 0 Å². The van der Waals surface area contributed by atoms with Gasteiger partial charge in [0.1, 0.15) is 0 Å². The number of ether oxygens (including phenoxy) is 1. The molecule has 0 aromatic rings. The number of nitrogens with zero attached hydrogens (tertiary/aromatic N) is 1. The molecule has 2 saturated heterocycles. The molecule has 2 fully saturated rings. The summed E-state index contributed by atoms with van der Waals surface area (Å²) in [5.74, 6) is -0.925. The van der Waals surface area contributed by atoms with Gasteiger partial charge in [0.05, 0.1) is 6.10 Å². The van der Waals surface area contributed by atoms with Gasteiger partial charge in [-0.3, -0.25) is 0 Å². The molecule has 0 radical (unpaired) electrons. The summed E-state index contributed by atoms with van der Waals surface area (Å²) in [6.45, 7) is 2.25. The summed E-state index contributed by atoms with van der Waals surface area (Å²) < 4.78 is 5.36. The van der Waals surface area contributed by atoms with Gasteiger partial charge in [0.25, 0.3) is 0 Å². The molecule has 7 heteroatoms. The molecule has 20 heavy (non-hydrogen) atoms. The van der Waals surface area contributed by atoms with Gasteiger partial charge in [-0.25, -0.2) is 9.59 Å². The molecule has 0 saturated carbocycles. The summed E-state index contributed by atoms with van der Waals surface area (Å²) in [5, 5.41) is 14.9. The molecule has 0 spiro atoms. The molecule has 0 aliphatic carbocycles. The predicted octanol–water partition coefficient (Wildman–Crippen LogP) is 0.0120. The quantitative estimate of drug-likeness (QED) is 0.677. The van der Waals surface area contributed by atoms with E-state index in [9.17, 15) is 9.59 Å². The second kappa shape index (κ2) is 6.90. The van der Waals surface area contributed by atoms with Gasteiger partial charge in [-0.05, 0) is 38.8 Å². The third-order valence-electron chi connectivity index (χ3n) is 4.04. The molecule has 2 amide bonds. The fourth-order valence-electron chi connectivity index (χ4n) is 2.72. The summed E-state index contributed by atoms with van der Waals surface area (Å²) in [6, 6.07) is 0.159. The minimum Gasteiger partial charge on any atom is -0.479 e. The van der Waals surface area contributed by atoms with Crippen molar-refractivity contribution in [3.63, 3.8) is 0 Å². The van der Waals surface area contributed by atoms with E-state index in [1.807, 2.05) is 0 Å². The van der Waals surface area contributed by atoms with Crippen LogP contribution in [0.15, 0.2) is 0 Å². The molecule has 2 unspecified atom stereocenters. The molecule has 0 aromatic carbocycles. The van der Waals surface area contributed by atoms with Crippen molar-refractivity contribution in [2.24, 2.45) is 0 Å². The van der Waals surface area contributed by atoms with E-state index < -0.39 is 12.1 Å². The minimum atomic E-state index is -0.925. The summed E-state index contributed by atoms with van der Waals surface area (Å²) in [4.78, 5) is 24.6. The van der Waals surface area contributed by atoms with Gasteiger partial charge >= 0.3 is 12.0 Å². The van der Waals surface area contributed by atoms with E-state index in [4.69, 9.17) is 9.84 Å². The lowest BCUT2D eigenvalue weighted by molar-refractivity contribution is -0.149. The van der Waals surface area contributed by atoms with Crippen molar-refractivity contribution in [1.82, 2.24) is 15.5 Å². The van der Waals surface area contributed by atoms with E-state index in [1.54, 1.807) is 11.9 Å². The highest BCUT2D eigenvalue weighted by Gasteiger charge is 2.31. The number of piperidine rings is 1. The Kier molecular flexibility index (Phi) is 5.19. The number of urea groups is 1. The maximum atomic E-state index is 12.0. The maximum Gasteiger partial charge on any atom is 0.332 e. The first-order chi connectivity index (χ1) is 9.58. The molecule has 114 valence electrons. The fraction of sp³-hybridized carbons (Fsp3) is 0.846. The van der Waals surface area contributed by atoms with Crippen molar-refractivity contribution in [1.29, 1.82) is 0 Å². The van der Waals surface area contributed by atoms with Crippen LogP contribution in [0.2, 0.25) is 0 Å². The number of carbonyl (C=O) groups is 2. The molecule has 2 heterocycles. The van der Waals surface area contributed by atoms with Gasteiger partial charge in [-0.1, -0.05) is 0 Å². The molecule has 0 aromatic heterocycles. The van der Waals surface area contributed by atoms with Crippen LogP contribution in [0.5, 0.6) is 0 Å². The zero-order valence-electron chi connectivity index (χ0n) is 11.8. The van der Waals surface area contributed by atoms with E-state index in [-0.39, 0.29) is 18.2 Å². The van der Waals surface area contributed by atoms with Crippen LogP contribution < -0.4 is 10.6 Å². The predicted molar refractivity (Wildman–Crippen MR) is 72.6 cm³/mol. The van der Waals surface area contributed by atoms with Crippen LogP contribution >= 0.6 is 0 Å². The van der Waals surface area contributed by atoms with Crippen LogP contribution in [0.3, 0.4) is 0 Å². The van der Waals surface area contributed by atoms with Crippen molar-refractivity contribution in [2.75, 3.05) is 26.7 Å². The van der Waals surface area contributed by atoms with Crippen molar-refractivity contribution >= 4 is 12.0 Å². The van der Waals surface area contributed by atoms with E-state index in [1.165, 1.54) is 0 Å². The Morgan fingerprint density at radius 3 is 2.60 bits per heavy atom. The number of carboxylic acids is 1. The first kappa shape index (κ1) is 15.1. The van der Waals surface area contributed by atoms with Crippen LogP contribution in [-0.2, 0) is 9.53 Å². The minimum absolute atomic E-state index is 0.112. The number of carboxylic acid groups (broad SMARTS) is 1. The Bertz CT molecular complexity index is 358. The monoisotopic (exact) mass is 285 g/mol. The summed E-state index contributed by atoms with van der Waals surface area (Å²) in [5.41, 5.74) is 0. The lowest BCUT2D eigenvalue weighted by Crippen LogP contribution is -2.49. The first-order valence-electron chi connectivity index (χ1n) is 7.17. The highest BCUT2D eigenvalue weighted by Crippen LogP contribution is 2.19. The lowest BCUT2D eigenvalue weighted by atomic mass is 10.1. The largest absolute Gasteiger partial charge is 0.479 e. The van der Waals surface area contributed by atoms with Crippen molar-refractivity contribution in [3.8, 4) is 0 Å². The average molecular weight is 285 g/mol. The standard InChI is InChI=1S/C13H23N3O4/c1-16(9-4-6-14-7-5-9)13(19)15-8-10-2-3-11(20-10)12(17)18/h9-11,14H,2-8H2,1H3,(H,15,19)(H,17,18). The molecule has 2 aliphatic rings. The van der Waals surface area contributed by atoms with Crippen molar-refractivity contribution in [3.05, 3.63) is 0 Å². The molecular weight excluding hydrogens is 262 g/mol. The third-order valence-corrected chi connectivity index (χ3v) is 4.04. The van der Waals surface area contributed by atoms with E-state index >= 15 is 0 Å². The number of hydrogen-bond donors (Lipinski definition) is 3. The van der Waals surface area contributed by atoms with Gasteiger partial charge in [0.15, 0.2) is 6.10 Å². The maximum absolute atomic E-state index is 12.0. The Balaban J connectivity index is 1.70. The van der Waals surface area contributed by atoms with Crippen molar-refractivity contribution in [2.45, 2.75) is 43.9 Å². The average Bonchev–Trinajstić information content (AvgIpc) is 2.94. The second-order valence-corrected chi connectivity index (χ2v) is 5.44. The Morgan fingerprint density at radius 1 is 1.30 bits per heavy atom. The number of rotatable bonds is 4. The number of nitrogens with one attached hydrogen (secondary N) is 2. The Hall–Kier alpha value is -1.34. The van der Waals surface area contributed by atoms with Gasteiger partial charge in [0.2, 0.25) is 0 Å². The Labute approximate surface area is 118 Å². The van der Waals surface area contributed by atoms with Gasteiger partial charge < -0.3 is 25.4 Å². The SMILES string of the molecule is CN(C(=O)NCC1CCC(C(=O)O)O1)C1CCNCC1. The second-order valence-electron chi connectivity index (χ2n) is 5.44. The Morgan fingerprint density at radius 2 is 2.00 bits per heavy atom.